The predicted molar refractivity (Wildman–Crippen MR) is 199 cm³/mol. The van der Waals surface area contributed by atoms with Gasteiger partial charge in [-0.1, -0.05) is 140 Å². The zero-order valence-electron chi connectivity index (χ0n) is 26.5. The number of benzene rings is 7. The molecule has 0 saturated heterocycles. The van der Waals surface area contributed by atoms with Crippen LogP contribution in [0.4, 0.5) is 0 Å². The summed E-state index contributed by atoms with van der Waals surface area (Å²) in [6.45, 7) is 0. The lowest BCUT2D eigenvalue weighted by Crippen LogP contribution is -2.00. The molecule has 0 radical (unpaired) electrons. The standard InChI is InChI=1S/C44H29N5/c1-3-13-32(14-4-1)41-46-42(48-43(47-41)37-27-24-30-12-7-8-15-34(30)29-37)36-17-11-16-35(28-36)31-22-25-33(26-23-31)44-45-39-20-9-10-21-40(39)49(44)38-18-5-2-6-19-38/h1-29H. The Labute approximate surface area is 283 Å². The SMILES string of the molecule is c1ccc(-c2nc(-c3cccc(-c4ccc(-c5nc6ccccc6n5-c5ccccc5)cc4)c3)nc(-c3ccc4ccccc4c3)n2)cc1. The second kappa shape index (κ2) is 12.1. The van der Waals surface area contributed by atoms with E-state index in [0.717, 1.165) is 61.3 Å². The Bertz CT molecular complexity index is 2590. The normalized spacial score (nSPS) is 11.3. The van der Waals surface area contributed by atoms with Crippen LogP contribution in [0.15, 0.2) is 176 Å². The van der Waals surface area contributed by atoms with E-state index in [1.54, 1.807) is 0 Å². The molecule has 49 heavy (non-hydrogen) atoms. The summed E-state index contributed by atoms with van der Waals surface area (Å²) in [5.74, 6) is 2.83. The molecule has 9 aromatic rings. The Kier molecular flexibility index (Phi) is 7.06. The van der Waals surface area contributed by atoms with E-state index in [1.807, 2.05) is 42.5 Å². The molecule has 5 nitrogen and oxygen atoms in total. The summed E-state index contributed by atoms with van der Waals surface area (Å²) < 4.78 is 2.23. The first kappa shape index (κ1) is 28.5. The maximum absolute atomic E-state index is 5.04. The van der Waals surface area contributed by atoms with Crippen molar-refractivity contribution >= 4 is 21.8 Å². The summed E-state index contributed by atoms with van der Waals surface area (Å²) in [4.78, 5) is 20.0. The lowest BCUT2D eigenvalue weighted by molar-refractivity contribution is 1.07. The van der Waals surface area contributed by atoms with Crippen LogP contribution in [0.1, 0.15) is 0 Å². The van der Waals surface area contributed by atoms with Gasteiger partial charge in [-0.05, 0) is 58.3 Å². The van der Waals surface area contributed by atoms with Crippen LogP contribution in [0.25, 0.3) is 84.2 Å². The van der Waals surface area contributed by atoms with Crippen molar-refractivity contribution in [1.29, 1.82) is 0 Å². The molecule has 9 rings (SSSR count). The Balaban J connectivity index is 1.11. The van der Waals surface area contributed by atoms with Crippen LogP contribution >= 0.6 is 0 Å². The highest BCUT2D eigenvalue weighted by Crippen LogP contribution is 2.32. The quantitative estimate of drug-likeness (QED) is 0.184. The zero-order chi connectivity index (χ0) is 32.6. The van der Waals surface area contributed by atoms with Crippen molar-refractivity contribution in [2.75, 3.05) is 0 Å². The van der Waals surface area contributed by atoms with E-state index in [0.29, 0.717) is 17.5 Å². The number of fused-ring (bicyclic) bond motifs is 2. The highest BCUT2D eigenvalue weighted by molar-refractivity contribution is 5.87. The van der Waals surface area contributed by atoms with Crippen molar-refractivity contribution in [3.63, 3.8) is 0 Å². The van der Waals surface area contributed by atoms with E-state index in [4.69, 9.17) is 19.9 Å². The summed E-state index contributed by atoms with van der Waals surface area (Å²) in [5.41, 5.74) is 9.17. The highest BCUT2D eigenvalue weighted by Gasteiger charge is 2.16. The first-order valence-corrected chi connectivity index (χ1v) is 16.3. The number of rotatable bonds is 6. The molecule has 0 saturated carbocycles. The Morgan fingerprint density at radius 2 is 0.878 bits per heavy atom. The van der Waals surface area contributed by atoms with E-state index >= 15 is 0 Å². The minimum Gasteiger partial charge on any atom is -0.292 e. The highest BCUT2D eigenvalue weighted by atomic mass is 15.1. The minimum atomic E-state index is 0.632. The molecular formula is C44H29N5. The predicted octanol–water partition coefficient (Wildman–Crippen LogP) is 10.7. The van der Waals surface area contributed by atoms with Crippen LogP contribution in [0.3, 0.4) is 0 Å². The smallest absolute Gasteiger partial charge is 0.164 e. The summed E-state index contributed by atoms with van der Waals surface area (Å²) in [6.07, 6.45) is 0. The third-order valence-corrected chi connectivity index (χ3v) is 8.85. The number of hydrogen-bond donors (Lipinski definition) is 0. The van der Waals surface area contributed by atoms with E-state index in [9.17, 15) is 0 Å². The third kappa shape index (κ3) is 5.43. The molecule has 0 amide bonds. The Hall–Kier alpha value is -6.72. The molecular weight excluding hydrogens is 599 g/mol. The van der Waals surface area contributed by atoms with Gasteiger partial charge in [0.1, 0.15) is 5.82 Å². The van der Waals surface area contributed by atoms with Gasteiger partial charge in [0.2, 0.25) is 0 Å². The Morgan fingerprint density at radius 1 is 0.327 bits per heavy atom. The van der Waals surface area contributed by atoms with E-state index < -0.39 is 0 Å². The van der Waals surface area contributed by atoms with Crippen molar-refractivity contribution in [2.24, 2.45) is 0 Å². The van der Waals surface area contributed by atoms with Crippen LogP contribution in [0.5, 0.6) is 0 Å². The van der Waals surface area contributed by atoms with Gasteiger partial charge >= 0.3 is 0 Å². The van der Waals surface area contributed by atoms with Gasteiger partial charge in [-0.25, -0.2) is 19.9 Å². The van der Waals surface area contributed by atoms with E-state index in [2.05, 4.69) is 138 Å². The Morgan fingerprint density at radius 3 is 1.65 bits per heavy atom. The van der Waals surface area contributed by atoms with Crippen LogP contribution in [-0.2, 0) is 0 Å². The second-order valence-corrected chi connectivity index (χ2v) is 12.0. The largest absolute Gasteiger partial charge is 0.292 e. The van der Waals surface area contributed by atoms with Gasteiger partial charge in [0.05, 0.1) is 11.0 Å². The van der Waals surface area contributed by atoms with Crippen LogP contribution < -0.4 is 0 Å². The van der Waals surface area contributed by atoms with Gasteiger partial charge in [0, 0.05) is 27.9 Å². The topological polar surface area (TPSA) is 56.5 Å². The molecule has 0 aliphatic rings. The van der Waals surface area contributed by atoms with Crippen molar-refractivity contribution in [2.45, 2.75) is 0 Å². The summed E-state index contributed by atoms with van der Waals surface area (Å²) >= 11 is 0. The molecule has 7 aromatic carbocycles. The number of aromatic nitrogens is 5. The first-order chi connectivity index (χ1) is 24.3. The fraction of sp³-hybridized carbons (Fsp3) is 0. The molecule has 0 N–H and O–H groups in total. The first-order valence-electron chi connectivity index (χ1n) is 16.3. The van der Waals surface area contributed by atoms with Crippen molar-refractivity contribution in [3.8, 4) is 62.4 Å². The lowest BCUT2D eigenvalue weighted by Gasteiger charge is -2.11. The summed E-state index contributed by atoms with van der Waals surface area (Å²) in [7, 11) is 0. The molecule has 0 bridgehead atoms. The molecule has 2 aromatic heterocycles. The molecule has 0 unspecified atom stereocenters. The van der Waals surface area contributed by atoms with E-state index in [1.165, 1.54) is 5.39 Å². The molecule has 5 heteroatoms. The van der Waals surface area contributed by atoms with Crippen molar-refractivity contribution < 1.29 is 0 Å². The van der Waals surface area contributed by atoms with Crippen LogP contribution in [0.2, 0.25) is 0 Å². The number of imidazole rings is 1. The van der Waals surface area contributed by atoms with Gasteiger partial charge in [0.15, 0.2) is 17.5 Å². The molecule has 0 aliphatic heterocycles. The minimum absolute atomic E-state index is 0.632. The van der Waals surface area contributed by atoms with Crippen molar-refractivity contribution in [3.05, 3.63) is 176 Å². The van der Waals surface area contributed by atoms with Gasteiger partial charge in [-0.3, -0.25) is 4.57 Å². The third-order valence-electron chi connectivity index (χ3n) is 8.85. The number of hydrogen-bond acceptors (Lipinski definition) is 4. The number of para-hydroxylation sites is 3. The number of nitrogens with zero attached hydrogens (tertiary/aromatic N) is 5. The summed E-state index contributed by atoms with van der Waals surface area (Å²) in [5, 5.41) is 2.33. The second-order valence-electron chi connectivity index (χ2n) is 12.0. The van der Waals surface area contributed by atoms with Crippen LogP contribution in [0, 0.1) is 0 Å². The maximum atomic E-state index is 5.04. The lowest BCUT2D eigenvalue weighted by atomic mass is 10.0. The summed E-state index contributed by atoms with van der Waals surface area (Å²) in [6, 6.07) is 60.5. The maximum Gasteiger partial charge on any atom is 0.164 e. The fourth-order valence-corrected chi connectivity index (χ4v) is 6.39. The molecule has 230 valence electrons. The fourth-order valence-electron chi connectivity index (χ4n) is 6.39. The van der Waals surface area contributed by atoms with Crippen molar-refractivity contribution in [1.82, 2.24) is 24.5 Å². The molecule has 0 aliphatic carbocycles. The van der Waals surface area contributed by atoms with Gasteiger partial charge in [0.25, 0.3) is 0 Å². The average molecular weight is 628 g/mol. The zero-order valence-corrected chi connectivity index (χ0v) is 26.5. The molecule has 0 atom stereocenters. The molecule has 2 heterocycles. The average Bonchev–Trinajstić information content (AvgIpc) is 3.58. The molecule has 0 fully saturated rings. The molecule has 0 spiro atoms. The van der Waals surface area contributed by atoms with Gasteiger partial charge < -0.3 is 0 Å². The monoisotopic (exact) mass is 627 g/mol. The van der Waals surface area contributed by atoms with Gasteiger partial charge in [-0.15, -0.1) is 0 Å². The van der Waals surface area contributed by atoms with Gasteiger partial charge in [-0.2, -0.15) is 0 Å². The van der Waals surface area contributed by atoms with Crippen LogP contribution in [-0.4, -0.2) is 24.5 Å². The van der Waals surface area contributed by atoms with E-state index in [-0.39, 0.29) is 0 Å².